The molecule has 1 aliphatic carbocycles. The smallest absolute Gasteiger partial charge is 0.144 e. The van der Waals surface area contributed by atoms with E-state index < -0.39 is 18.2 Å². The number of hydrogen-bond acceptors (Lipinski definition) is 8. The van der Waals surface area contributed by atoms with Gasteiger partial charge in [0.05, 0.1) is 27.9 Å². The van der Waals surface area contributed by atoms with Crippen molar-refractivity contribution in [3.8, 4) is 10.6 Å². The summed E-state index contributed by atoms with van der Waals surface area (Å²) < 4.78 is 1.02. The number of para-hydroxylation sites is 1. The lowest BCUT2D eigenvalue weighted by Crippen LogP contribution is -2.35. The summed E-state index contributed by atoms with van der Waals surface area (Å²) in [6.45, 7) is -0.189. The number of aliphatic hydroxyl groups is 3. The van der Waals surface area contributed by atoms with Gasteiger partial charge in [-0.3, -0.25) is 0 Å². The molecular formula is C17H17ClN4O3S. The molecule has 9 heteroatoms. The predicted octanol–water partition coefficient (Wildman–Crippen LogP) is 1.92. The van der Waals surface area contributed by atoms with Crippen LogP contribution in [0.15, 0.2) is 30.6 Å². The average molecular weight is 393 g/mol. The van der Waals surface area contributed by atoms with Gasteiger partial charge in [0.1, 0.15) is 28.4 Å². The minimum absolute atomic E-state index is 0.189. The van der Waals surface area contributed by atoms with Crippen LogP contribution in [-0.4, -0.2) is 55.1 Å². The Labute approximate surface area is 158 Å². The zero-order valence-electron chi connectivity index (χ0n) is 13.6. The molecule has 136 valence electrons. The summed E-state index contributed by atoms with van der Waals surface area (Å²) in [5, 5.41) is 33.7. The second-order valence-corrected chi connectivity index (χ2v) is 7.67. The first-order valence-corrected chi connectivity index (χ1v) is 9.38. The van der Waals surface area contributed by atoms with Gasteiger partial charge in [-0.05, 0) is 18.6 Å². The van der Waals surface area contributed by atoms with Crippen LogP contribution in [0.3, 0.4) is 0 Å². The Bertz CT molecular complexity index is 904. The number of aromatic nitrogens is 3. The van der Waals surface area contributed by atoms with Crippen LogP contribution >= 0.6 is 22.9 Å². The Morgan fingerprint density at radius 1 is 1.19 bits per heavy atom. The topological polar surface area (TPSA) is 111 Å². The van der Waals surface area contributed by atoms with Gasteiger partial charge in [0.2, 0.25) is 0 Å². The lowest BCUT2D eigenvalue weighted by atomic mass is 10.1. The molecule has 7 nitrogen and oxygen atoms in total. The van der Waals surface area contributed by atoms with E-state index in [0.29, 0.717) is 22.8 Å². The number of anilines is 1. The standard InChI is InChI=1S/C17H17ClN4O3S/c18-15-12(17-22-9-3-1-2-4-11(9)26-17)16(20-7-19-15)21-10-5-8(6-23)13(24)14(10)25/h1-4,7-8,10,13-14,23-25H,5-6H2,(H,19,20,21)/t8-,10-,13-,14+/m1/s1. The van der Waals surface area contributed by atoms with Crippen LogP contribution in [0.4, 0.5) is 5.82 Å². The highest BCUT2D eigenvalue weighted by molar-refractivity contribution is 7.21. The van der Waals surface area contributed by atoms with Crippen LogP contribution in [0.1, 0.15) is 6.42 Å². The highest BCUT2D eigenvalue weighted by atomic mass is 35.5. The van der Waals surface area contributed by atoms with Crippen LogP contribution in [0.25, 0.3) is 20.8 Å². The van der Waals surface area contributed by atoms with E-state index in [9.17, 15) is 15.3 Å². The number of benzene rings is 1. The molecule has 1 aliphatic rings. The number of fused-ring (bicyclic) bond motifs is 1. The SMILES string of the molecule is OC[C@H]1C[C@@H](Nc2ncnc(Cl)c2-c2nc3ccccc3s2)[C@H](O)[C@@H]1O. The molecule has 4 rings (SSSR count). The zero-order chi connectivity index (χ0) is 18.3. The van der Waals surface area contributed by atoms with Gasteiger partial charge >= 0.3 is 0 Å². The second-order valence-electron chi connectivity index (χ2n) is 6.29. The van der Waals surface area contributed by atoms with E-state index >= 15 is 0 Å². The summed E-state index contributed by atoms with van der Waals surface area (Å²) in [6.07, 6.45) is -0.243. The van der Waals surface area contributed by atoms with Crippen molar-refractivity contribution in [2.45, 2.75) is 24.7 Å². The number of nitrogens with zero attached hydrogens (tertiary/aromatic N) is 3. The monoisotopic (exact) mass is 392 g/mol. The van der Waals surface area contributed by atoms with E-state index in [1.807, 2.05) is 24.3 Å². The van der Waals surface area contributed by atoms with Crippen LogP contribution in [0.2, 0.25) is 5.15 Å². The molecule has 4 atom stereocenters. The maximum absolute atomic E-state index is 10.3. The first-order valence-electron chi connectivity index (χ1n) is 8.18. The lowest BCUT2D eigenvalue weighted by Gasteiger charge is -2.20. The average Bonchev–Trinajstić information content (AvgIpc) is 3.18. The molecule has 0 saturated heterocycles. The molecule has 0 unspecified atom stereocenters. The summed E-state index contributed by atoms with van der Waals surface area (Å²) >= 11 is 7.80. The van der Waals surface area contributed by atoms with E-state index in [4.69, 9.17) is 11.6 Å². The molecular weight excluding hydrogens is 376 g/mol. The van der Waals surface area contributed by atoms with Crippen molar-refractivity contribution in [2.75, 3.05) is 11.9 Å². The van der Waals surface area contributed by atoms with E-state index in [-0.39, 0.29) is 17.7 Å². The van der Waals surface area contributed by atoms with E-state index in [0.717, 1.165) is 10.2 Å². The van der Waals surface area contributed by atoms with Crippen LogP contribution < -0.4 is 5.32 Å². The summed E-state index contributed by atoms with van der Waals surface area (Å²) in [7, 11) is 0. The molecule has 26 heavy (non-hydrogen) atoms. The number of hydrogen-bond donors (Lipinski definition) is 4. The van der Waals surface area contributed by atoms with Crippen molar-refractivity contribution >= 4 is 39.0 Å². The fourth-order valence-electron chi connectivity index (χ4n) is 3.27. The summed E-state index contributed by atoms with van der Waals surface area (Å²) in [4.78, 5) is 12.9. The number of rotatable bonds is 4. The fraction of sp³-hybridized carbons (Fsp3) is 0.353. The Morgan fingerprint density at radius 2 is 2.00 bits per heavy atom. The molecule has 3 aromatic rings. The van der Waals surface area contributed by atoms with Crippen molar-refractivity contribution < 1.29 is 15.3 Å². The normalized spacial score (nSPS) is 25.7. The lowest BCUT2D eigenvalue weighted by molar-refractivity contribution is 0.00446. The van der Waals surface area contributed by atoms with E-state index in [1.54, 1.807) is 0 Å². The van der Waals surface area contributed by atoms with Gasteiger partial charge in [-0.25, -0.2) is 15.0 Å². The Balaban J connectivity index is 1.71. The second kappa shape index (κ2) is 7.05. The molecule has 0 radical (unpaired) electrons. The molecule has 0 amide bonds. The van der Waals surface area contributed by atoms with Crippen molar-refractivity contribution in [1.29, 1.82) is 0 Å². The largest absolute Gasteiger partial charge is 0.396 e. The third-order valence-corrected chi connectivity index (χ3v) is 6.01. The molecule has 1 fully saturated rings. The van der Waals surface area contributed by atoms with Crippen LogP contribution in [-0.2, 0) is 0 Å². The number of nitrogens with one attached hydrogen (secondary N) is 1. The maximum atomic E-state index is 10.3. The Morgan fingerprint density at radius 3 is 2.73 bits per heavy atom. The van der Waals surface area contributed by atoms with Crippen LogP contribution in [0, 0.1) is 5.92 Å². The Kier molecular flexibility index (Phi) is 4.76. The van der Waals surface area contributed by atoms with Crippen molar-refractivity contribution in [3.05, 3.63) is 35.7 Å². The van der Waals surface area contributed by atoms with Crippen molar-refractivity contribution in [2.24, 2.45) is 5.92 Å². The van der Waals surface area contributed by atoms with Gasteiger partial charge in [0.15, 0.2) is 0 Å². The molecule has 2 heterocycles. The molecule has 1 aromatic carbocycles. The predicted molar refractivity (Wildman–Crippen MR) is 100 cm³/mol. The molecule has 0 bridgehead atoms. The zero-order valence-corrected chi connectivity index (χ0v) is 15.2. The third kappa shape index (κ3) is 3.04. The minimum Gasteiger partial charge on any atom is -0.396 e. The first kappa shape index (κ1) is 17.6. The van der Waals surface area contributed by atoms with Gasteiger partial charge < -0.3 is 20.6 Å². The number of aliphatic hydroxyl groups excluding tert-OH is 3. The van der Waals surface area contributed by atoms with Gasteiger partial charge in [0, 0.05) is 12.5 Å². The summed E-state index contributed by atoms with van der Waals surface area (Å²) in [5.74, 6) is 0.0598. The third-order valence-electron chi connectivity index (χ3n) is 4.67. The van der Waals surface area contributed by atoms with E-state index in [2.05, 4.69) is 20.3 Å². The van der Waals surface area contributed by atoms with Crippen molar-refractivity contribution in [1.82, 2.24) is 15.0 Å². The molecule has 0 aliphatic heterocycles. The van der Waals surface area contributed by atoms with Crippen molar-refractivity contribution in [3.63, 3.8) is 0 Å². The van der Waals surface area contributed by atoms with Crippen LogP contribution in [0.5, 0.6) is 0 Å². The highest BCUT2D eigenvalue weighted by Gasteiger charge is 2.41. The van der Waals surface area contributed by atoms with Gasteiger partial charge in [-0.2, -0.15) is 0 Å². The van der Waals surface area contributed by atoms with Gasteiger partial charge in [-0.15, -0.1) is 11.3 Å². The minimum atomic E-state index is -1.01. The van der Waals surface area contributed by atoms with Gasteiger partial charge in [0.25, 0.3) is 0 Å². The van der Waals surface area contributed by atoms with E-state index in [1.165, 1.54) is 17.7 Å². The fourth-order valence-corrected chi connectivity index (χ4v) is 4.56. The maximum Gasteiger partial charge on any atom is 0.144 e. The quantitative estimate of drug-likeness (QED) is 0.502. The summed E-state index contributed by atoms with van der Waals surface area (Å²) in [6, 6.07) is 7.30. The van der Waals surface area contributed by atoms with Gasteiger partial charge in [-0.1, -0.05) is 23.7 Å². The highest BCUT2D eigenvalue weighted by Crippen LogP contribution is 2.38. The summed E-state index contributed by atoms with van der Waals surface area (Å²) in [5.41, 5.74) is 1.42. The Hall–Kier alpha value is -1.84. The molecule has 0 spiro atoms. The molecule has 1 saturated carbocycles. The first-order chi connectivity index (χ1) is 12.6. The number of thiazole rings is 1. The number of halogens is 1. The molecule has 4 N–H and O–H groups in total. The molecule has 2 aromatic heterocycles.